The first-order valence-corrected chi connectivity index (χ1v) is 9.54. The van der Waals surface area contributed by atoms with E-state index in [-0.39, 0.29) is 18.4 Å². The molecule has 164 valence electrons. The molecule has 1 atom stereocenters. The number of pyridine rings is 1. The first kappa shape index (κ1) is 22.9. The topological polar surface area (TPSA) is 183 Å². The molecule has 0 saturated carbocycles. The summed E-state index contributed by atoms with van der Waals surface area (Å²) in [5.74, 6) is -0.536. The van der Waals surface area contributed by atoms with Crippen molar-refractivity contribution >= 4 is 17.8 Å². The molecule has 1 aliphatic heterocycles. The van der Waals surface area contributed by atoms with E-state index >= 15 is 0 Å². The zero-order valence-corrected chi connectivity index (χ0v) is 16.9. The number of ether oxygens (including phenoxy) is 2. The fraction of sp³-hybridized carbons (Fsp3) is 0.444. The van der Waals surface area contributed by atoms with Crippen molar-refractivity contribution in [1.29, 1.82) is 0 Å². The van der Waals surface area contributed by atoms with Gasteiger partial charge in [0.2, 0.25) is 5.88 Å². The Bertz CT molecular complexity index is 937. The van der Waals surface area contributed by atoms with Crippen LogP contribution < -0.4 is 27.2 Å². The smallest absolute Gasteiger partial charge is 0.341 e. The molecule has 0 radical (unpaired) electrons. The summed E-state index contributed by atoms with van der Waals surface area (Å²) in [6, 6.07) is 5.08. The molecule has 0 amide bonds. The Kier molecular flexibility index (Phi) is 8.38. The van der Waals surface area contributed by atoms with E-state index in [1.54, 1.807) is 12.1 Å². The van der Waals surface area contributed by atoms with Crippen molar-refractivity contribution in [3.8, 4) is 5.88 Å². The highest BCUT2D eigenvalue weighted by Gasteiger charge is 2.26. The zero-order valence-electron chi connectivity index (χ0n) is 16.9. The molecular weight excluding hydrogens is 394 g/mol. The van der Waals surface area contributed by atoms with Crippen molar-refractivity contribution in [1.82, 2.24) is 14.5 Å². The Balaban J connectivity index is 0.00000155. The van der Waals surface area contributed by atoms with Gasteiger partial charge in [0, 0.05) is 6.07 Å². The fourth-order valence-electron chi connectivity index (χ4n) is 2.56. The lowest BCUT2D eigenvalue weighted by Crippen LogP contribution is -2.29. The first-order chi connectivity index (χ1) is 14.5. The summed E-state index contributed by atoms with van der Waals surface area (Å²) in [5.41, 5.74) is 12.0. The summed E-state index contributed by atoms with van der Waals surface area (Å²) >= 11 is 0. The number of nitrogens with zero attached hydrogens (tertiary/aromatic N) is 3. The minimum Gasteiger partial charge on any atom is -0.479 e. The van der Waals surface area contributed by atoms with E-state index in [1.807, 2.05) is 13.8 Å². The maximum Gasteiger partial charge on any atom is 0.341 e. The van der Waals surface area contributed by atoms with Crippen LogP contribution >= 0.6 is 0 Å². The number of carboxylic acids is 1. The number of H-pyrrole nitrogens is 1. The lowest BCUT2D eigenvalue weighted by atomic mass is 10.3. The number of aromatic nitrogens is 3. The molecule has 3 rings (SSSR count). The minimum atomic E-state index is -1.11. The van der Waals surface area contributed by atoms with Crippen LogP contribution in [0.3, 0.4) is 0 Å². The summed E-state index contributed by atoms with van der Waals surface area (Å²) in [5, 5.41) is 11.6. The third-order valence-corrected chi connectivity index (χ3v) is 3.82. The van der Waals surface area contributed by atoms with Crippen LogP contribution in [0.1, 0.15) is 37.8 Å². The van der Waals surface area contributed by atoms with Gasteiger partial charge in [0.05, 0.1) is 18.8 Å². The van der Waals surface area contributed by atoms with Gasteiger partial charge in [0.1, 0.15) is 17.7 Å². The summed E-state index contributed by atoms with van der Waals surface area (Å²) < 4.78 is 12.0. The number of aliphatic imine (C=N–C) groups is 1. The van der Waals surface area contributed by atoms with Crippen LogP contribution in [0.2, 0.25) is 0 Å². The number of aliphatic carboxylic acids is 1. The van der Waals surface area contributed by atoms with Gasteiger partial charge in [-0.1, -0.05) is 19.9 Å². The SMILES string of the molecule is CC.NCCCOC1=NC(N)c2[nH]c(=O)n(Cc3cccc(OCC(=O)O)n3)c2N1. The van der Waals surface area contributed by atoms with Crippen LogP contribution in [0.25, 0.3) is 0 Å². The number of hydrogen-bond acceptors (Lipinski definition) is 9. The molecule has 1 aliphatic rings. The molecule has 2 aromatic heterocycles. The Morgan fingerprint density at radius 1 is 1.33 bits per heavy atom. The van der Waals surface area contributed by atoms with Crippen LogP contribution in [-0.4, -0.2) is 51.4 Å². The predicted molar refractivity (Wildman–Crippen MR) is 110 cm³/mol. The number of imidazole rings is 1. The largest absolute Gasteiger partial charge is 0.479 e. The van der Waals surface area contributed by atoms with E-state index < -0.39 is 24.4 Å². The van der Waals surface area contributed by atoms with Crippen molar-refractivity contribution in [2.75, 3.05) is 25.1 Å². The monoisotopic (exact) mass is 421 g/mol. The van der Waals surface area contributed by atoms with Gasteiger partial charge in [0.25, 0.3) is 6.02 Å². The molecule has 0 aromatic carbocycles. The van der Waals surface area contributed by atoms with Crippen molar-refractivity contribution < 1.29 is 19.4 Å². The molecule has 12 nitrogen and oxygen atoms in total. The van der Waals surface area contributed by atoms with Gasteiger partial charge >= 0.3 is 11.7 Å². The van der Waals surface area contributed by atoms with Crippen molar-refractivity contribution in [2.45, 2.75) is 33.0 Å². The summed E-state index contributed by atoms with van der Waals surface area (Å²) in [6.45, 7) is 4.44. The summed E-state index contributed by atoms with van der Waals surface area (Å²) in [7, 11) is 0. The lowest BCUT2D eigenvalue weighted by molar-refractivity contribution is -0.139. The van der Waals surface area contributed by atoms with E-state index in [2.05, 4.69) is 20.3 Å². The molecule has 0 saturated heterocycles. The quantitative estimate of drug-likeness (QED) is 0.372. The molecule has 0 fully saturated rings. The molecule has 7 N–H and O–H groups in total. The highest BCUT2D eigenvalue weighted by molar-refractivity contribution is 5.90. The molecular formula is C18H27N7O5. The van der Waals surface area contributed by atoms with E-state index in [1.165, 1.54) is 10.6 Å². The predicted octanol–water partition coefficient (Wildman–Crippen LogP) is 0.214. The summed E-state index contributed by atoms with van der Waals surface area (Å²) in [4.78, 5) is 34.1. The maximum atomic E-state index is 12.4. The molecule has 0 bridgehead atoms. The van der Waals surface area contributed by atoms with E-state index in [0.29, 0.717) is 36.8 Å². The van der Waals surface area contributed by atoms with Crippen LogP contribution in [0, 0.1) is 0 Å². The number of aromatic amines is 1. The van der Waals surface area contributed by atoms with Gasteiger partial charge in [-0.3, -0.25) is 9.88 Å². The number of anilines is 1. The molecule has 0 aliphatic carbocycles. The second-order valence-corrected chi connectivity index (χ2v) is 5.92. The minimum absolute atomic E-state index is 0.102. The number of amidine groups is 1. The third-order valence-electron chi connectivity index (χ3n) is 3.82. The number of nitrogens with one attached hydrogen (secondary N) is 2. The van der Waals surface area contributed by atoms with E-state index in [4.69, 9.17) is 26.0 Å². The first-order valence-electron chi connectivity index (χ1n) is 9.54. The maximum absolute atomic E-state index is 12.4. The highest BCUT2D eigenvalue weighted by atomic mass is 16.5. The second kappa shape index (κ2) is 11.0. The van der Waals surface area contributed by atoms with Crippen LogP contribution in [0.5, 0.6) is 5.88 Å². The van der Waals surface area contributed by atoms with Crippen molar-refractivity contribution in [3.05, 3.63) is 40.1 Å². The highest BCUT2D eigenvalue weighted by Crippen LogP contribution is 2.24. The van der Waals surface area contributed by atoms with Crippen LogP contribution in [0.15, 0.2) is 28.0 Å². The second-order valence-electron chi connectivity index (χ2n) is 5.92. The molecule has 3 heterocycles. The van der Waals surface area contributed by atoms with Gasteiger partial charge in [-0.2, -0.15) is 0 Å². The Morgan fingerprint density at radius 2 is 2.10 bits per heavy atom. The van der Waals surface area contributed by atoms with Gasteiger partial charge in [0.15, 0.2) is 6.61 Å². The van der Waals surface area contributed by atoms with Crippen LogP contribution in [-0.2, 0) is 16.1 Å². The van der Waals surface area contributed by atoms with Gasteiger partial charge in [-0.05, 0) is 19.0 Å². The molecule has 0 spiro atoms. The normalized spacial score (nSPS) is 14.5. The third kappa shape index (κ3) is 5.81. The van der Waals surface area contributed by atoms with Crippen LogP contribution in [0.4, 0.5) is 5.82 Å². The standard InChI is InChI=1S/C16H21N7O5.C2H6/c17-5-2-6-27-15-21-13(18)12-14(22-15)23(16(26)20-12)7-9-3-1-4-10(19-9)28-8-11(24)25;1-2/h1,3-4,13H,2,5-8,17-18H2,(H,20,26)(H,21,22)(H,24,25);1-2H3. The molecule has 1 unspecified atom stereocenters. The van der Waals surface area contributed by atoms with E-state index in [9.17, 15) is 9.59 Å². The Hall–Kier alpha value is -3.38. The fourth-order valence-corrected chi connectivity index (χ4v) is 2.56. The van der Waals surface area contributed by atoms with Gasteiger partial charge in [-0.15, -0.1) is 0 Å². The molecule has 30 heavy (non-hydrogen) atoms. The van der Waals surface area contributed by atoms with Crippen molar-refractivity contribution in [2.24, 2.45) is 16.5 Å². The number of rotatable bonds is 8. The number of hydrogen-bond donors (Lipinski definition) is 5. The number of carbonyl (C=O) groups is 1. The van der Waals surface area contributed by atoms with Gasteiger partial charge < -0.3 is 31.0 Å². The number of nitrogens with two attached hydrogens (primary N) is 2. The number of carboxylic acid groups (broad SMARTS) is 1. The zero-order chi connectivity index (χ0) is 22.1. The van der Waals surface area contributed by atoms with E-state index in [0.717, 1.165) is 0 Å². The van der Waals surface area contributed by atoms with Crippen molar-refractivity contribution in [3.63, 3.8) is 0 Å². The summed E-state index contributed by atoms with van der Waals surface area (Å²) in [6.07, 6.45) is -0.133. The molecule has 2 aromatic rings. The average molecular weight is 421 g/mol. The number of fused-ring (bicyclic) bond motifs is 1. The lowest BCUT2D eigenvalue weighted by Gasteiger charge is -2.20. The Morgan fingerprint density at radius 3 is 2.80 bits per heavy atom. The molecule has 12 heteroatoms. The average Bonchev–Trinajstić information content (AvgIpc) is 3.05. The Labute approximate surface area is 172 Å². The van der Waals surface area contributed by atoms with Gasteiger partial charge in [-0.25, -0.2) is 19.6 Å².